The SMILES string of the molecule is CCN(CC)[C@H]1C[C@@H](OCc2ccccc2)CC[C@@H]1O. The van der Waals surface area contributed by atoms with E-state index in [1.165, 1.54) is 5.56 Å². The first-order valence-electron chi connectivity index (χ1n) is 7.82. The van der Waals surface area contributed by atoms with Crippen LogP contribution in [-0.4, -0.2) is 41.3 Å². The van der Waals surface area contributed by atoms with Crippen molar-refractivity contribution in [2.75, 3.05) is 13.1 Å². The third-order valence-electron chi connectivity index (χ3n) is 4.34. The zero-order valence-corrected chi connectivity index (χ0v) is 12.7. The molecule has 1 N–H and O–H groups in total. The van der Waals surface area contributed by atoms with Crippen LogP contribution in [0.1, 0.15) is 38.7 Å². The van der Waals surface area contributed by atoms with Gasteiger partial charge in [0.1, 0.15) is 0 Å². The molecule has 1 aliphatic rings. The maximum Gasteiger partial charge on any atom is 0.0720 e. The Hall–Kier alpha value is -0.900. The Labute approximate surface area is 122 Å². The normalized spacial score (nSPS) is 26.9. The maximum atomic E-state index is 10.2. The summed E-state index contributed by atoms with van der Waals surface area (Å²) in [6.07, 6.45) is 2.82. The van der Waals surface area contributed by atoms with Crippen LogP contribution in [0.5, 0.6) is 0 Å². The first-order chi connectivity index (χ1) is 9.74. The van der Waals surface area contributed by atoms with Crippen LogP contribution in [0, 0.1) is 0 Å². The molecule has 20 heavy (non-hydrogen) atoms. The monoisotopic (exact) mass is 277 g/mol. The van der Waals surface area contributed by atoms with Crippen LogP contribution in [0.15, 0.2) is 30.3 Å². The molecule has 1 aliphatic carbocycles. The molecule has 3 heteroatoms. The third-order valence-corrected chi connectivity index (χ3v) is 4.34. The van der Waals surface area contributed by atoms with Crippen LogP contribution in [0.3, 0.4) is 0 Å². The Morgan fingerprint density at radius 2 is 1.85 bits per heavy atom. The minimum absolute atomic E-state index is 0.202. The minimum atomic E-state index is -0.202. The molecule has 0 aliphatic heterocycles. The van der Waals surface area contributed by atoms with Gasteiger partial charge in [0.15, 0.2) is 0 Å². The first-order valence-corrected chi connectivity index (χ1v) is 7.82. The van der Waals surface area contributed by atoms with Gasteiger partial charge in [0.25, 0.3) is 0 Å². The van der Waals surface area contributed by atoms with Crippen LogP contribution < -0.4 is 0 Å². The smallest absolute Gasteiger partial charge is 0.0720 e. The van der Waals surface area contributed by atoms with Crippen molar-refractivity contribution in [2.24, 2.45) is 0 Å². The molecule has 0 saturated heterocycles. The van der Waals surface area contributed by atoms with E-state index in [-0.39, 0.29) is 18.2 Å². The minimum Gasteiger partial charge on any atom is -0.391 e. The molecule has 1 aromatic carbocycles. The first kappa shape index (κ1) is 15.5. The second-order valence-corrected chi connectivity index (χ2v) is 5.59. The Bertz CT molecular complexity index is 378. The predicted molar refractivity (Wildman–Crippen MR) is 81.6 cm³/mol. The summed E-state index contributed by atoms with van der Waals surface area (Å²) >= 11 is 0. The molecule has 0 spiro atoms. The third kappa shape index (κ3) is 4.05. The van der Waals surface area contributed by atoms with Gasteiger partial charge in [-0.2, -0.15) is 0 Å². The van der Waals surface area contributed by atoms with E-state index >= 15 is 0 Å². The summed E-state index contributed by atoms with van der Waals surface area (Å²) in [5.74, 6) is 0. The summed E-state index contributed by atoms with van der Waals surface area (Å²) in [6.45, 7) is 6.97. The van der Waals surface area contributed by atoms with E-state index < -0.39 is 0 Å². The molecule has 0 radical (unpaired) electrons. The quantitative estimate of drug-likeness (QED) is 0.868. The topological polar surface area (TPSA) is 32.7 Å². The van der Waals surface area contributed by atoms with Gasteiger partial charge in [0.05, 0.1) is 18.8 Å². The molecule has 0 heterocycles. The van der Waals surface area contributed by atoms with E-state index in [9.17, 15) is 5.11 Å². The van der Waals surface area contributed by atoms with E-state index in [1.54, 1.807) is 0 Å². The molecule has 112 valence electrons. The molecule has 1 fully saturated rings. The van der Waals surface area contributed by atoms with Gasteiger partial charge in [-0.3, -0.25) is 4.90 Å². The second-order valence-electron chi connectivity index (χ2n) is 5.59. The highest BCUT2D eigenvalue weighted by atomic mass is 16.5. The van der Waals surface area contributed by atoms with Crippen molar-refractivity contribution in [2.45, 2.75) is 58.0 Å². The lowest BCUT2D eigenvalue weighted by molar-refractivity contribution is -0.0565. The molecule has 0 aromatic heterocycles. The van der Waals surface area contributed by atoms with Crippen molar-refractivity contribution in [1.82, 2.24) is 4.90 Å². The molecule has 1 aromatic rings. The molecule has 0 unspecified atom stereocenters. The van der Waals surface area contributed by atoms with Gasteiger partial charge in [-0.15, -0.1) is 0 Å². The molecule has 3 nitrogen and oxygen atoms in total. The highest BCUT2D eigenvalue weighted by Crippen LogP contribution is 2.26. The van der Waals surface area contributed by atoms with Gasteiger partial charge in [0.2, 0.25) is 0 Å². The summed E-state index contributed by atoms with van der Waals surface area (Å²) in [5.41, 5.74) is 1.22. The number of aliphatic hydroxyl groups is 1. The van der Waals surface area contributed by atoms with Gasteiger partial charge in [-0.1, -0.05) is 44.2 Å². The average Bonchev–Trinajstić information content (AvgIpc) is 2.50. The van der Waals surface area contributed by atoms with Crippen LogP contribution in [0.25, 0.3) is 0 Å². The standard InChI is InChI=1S/C17H27NO2/c1-3-18(4-2)16-12-15(10-11-17(16)19)20-13-14-8-6-5-7-9-14/h5-9,15-17,19H,3-4,10-13H2,1-2H3/t15-,16-,17-/m0/s1. The number of likely N-dealkylation sites (N-methyl/N-ethyl adjacent to an activating group) is 1. The Morgan fingerprint density at radius 3 is 2.50 bits per heavy atom. The predicted octanol–water partition coefficient (Wildman–Crippen LogP) is 2.83. The van der Waals surface area contributed by atoms with E-state index in [4.69, 9.17) is 4.74 Å². The highest BCUT2D eigenvalue weighted by Gasteiger charge is 2.32. The average molecular weight is 277 g/mol. The summed E-state index contributed by atoms with van der Waals surface area (Å²) in [6, 6.07) is 10.6. The second kappa shape index (κ2) is 7.77. The van der Waals surface area contributed by atoms with Gasteiger partial charge < -0.3 is 9.84 Å². The molecular formula is C17H27NO2. The number of hydrogen-bond acceptors (Lipinski definition) is 3. The van der Waals surface area contributed by atoms with Gasteiger partial charge in [-0.05, 0) is 37.9 Å². The zero-order valence-electron chi connectivity index (χ0n) is 12.7. The number of benzene rings is 1. The maximum absolute atomic E-state index is 10.2. The number of hydrogen-bond donors (Lipinski definition) is 1. The largest absolute Gasteiger partial charge is 0.391 e. The lowest BCUT2D eigenvalue weighted by Crippen LogP contribution is -2.48. The fourth-order valence-corrected chi connectivity index (χ4v) is 3.12. The van der Waals surface area contributed by atoms with Crippen LogP contribution >= 0.6 is 0 Å². The Morgan fingerprint density at radius 1 is 1.15 bits per heavy atom. The van der Waals surface area contributed by atoms with E-state index in [0.717, 1.165) is 32.4 Å². The molecular weight excluding hydrogens is 250 g/mol. The fraction of sp³-hybridized carbons (Fsp3) is 0.647. The summed E-state index contributed by atoms with van der Waals surface area (Å²) < 4.78 is 6.05. The number of nitrogens with zero attached hydrogens (tertiary/aromatic N) is 1. The van der Waals surface area contributed by atoms with Gasteiger partial charge >= 0.3 is 0 Å². The molecule has 1 saturated carbocycles. The van der Waals surface area contributed by atoms with Crippen molar-refractivity contribution in [3.05, 3.63) is 35.9 Å². The lowest BCUT2D eigenvalue weighted by atomic mass is 9.89. The lowest BCUT2D eigenvalue weighted by Gasteiger charge is -2.39. The summed E-state index contributed by atoms with van der Waals surface area (Å²) in [5, 5.41) is 10.2. The Kier molecular flexibility index (Phi) is 6.02. The number of aliphatic hydroxyl groups excluding tert-OH is 1. The van der Waals surface area contributed by atoms with E-state index in [2.05, 4.69) is 30.9 Å². The molecule has 3 atom stereocenters. The van der Waals surface area contributed by atoms with Crippen molar-refractivity contribution in [1.29, 1.82) is 0 Å². The van der Waals surface area contributed by atoms with Crippen LogP contribution in [0.4, 0.5) is 0 Å². The van der Waals surface area contributed by atoms with Crippen molar-refractivity contribution in [3.63, 3.8) is 0 Å². The van der Waals surface area contributed by atoms with Crippen molar-refractivity contribution >= 4 is 0 Å². The van der Waals surface area contributed by atoms with Gasteiger partial charge in [0, 0.05) is 6.04 Å². The molecule has 0 bridgehead atoms. The Balaban J connectivity index is 1.87. The fourth-order valence-electron chi connectivity index (χ4n) is 3.12. The van der Waals surface area contributed by atoms with Crippen LogP contribution in [0.2, 0.25) is 0 Å². The number of rotatable bonds is 6. The van der Waals surface area contributed by atoms with Crippen molar-refractivity contribution in [3.8, 4) is 0 Å². The van der Waals surface area contributed by atoms with Crippen molar-refractivity contribution < 1.29 is 9.84 Å². The zero-order chi connectivity index (χ0) is 14.4. The highest BCUT2D eigenvalue weighted by molar-refractivity contribution is 5.13. The summed E-state index contributed by atoms with van der Waals surface area (Å²) in [7, 11) is 0. The molecule has 2 rings (SSSR count). The molecule has 0 amide bonds. The van der Waals surface area contributed by atoms with Gasteiger partial charge in [-0.25, -0.2) is 0 Å². The van der Waals surface area contributed by atoms with E-state index in [1.807, 2.05) is 18.2 Å². The van der Waals surface area contributed by atoms with E-state index in [0.29, 0.717) is 6.61 Å². The summed E-state index contributed by atoms with van der Waals surface area (Å²) in [4.78, 5) is 2.35. The number of ether oxygens (including phenoxy) is 1. The van der Waals surface area contributed by atoms with Crippen LogP contribution in [-0.2, 0) is 11.3 Å².